The van der Waals surface area contributed by atoms with Crippen LogP contribution in [0.4, 0.5) is 0 Å². The highest BCUT2D eigenvalue weighted by Crippen LogP contribution is 2.29. The summed E-state index contributed by atoms with van der Waals surface area (Å²) in [5.41, 5.74) is 0. The molecule has 0 unspecified atom stereocenters. The Morgan fingerprint density at radius 1 is 1.62 bits per heavy atom. The Morgan fingerprint density at radius 2 is 2.38 bits per heavy atom. The minimum Gasteiger partial charge on any atom is -0.373 e. The lowest BCUT2D eigenvalue weighted by molar-refractivity contribution is 0.683. The van der Waals surface area contributed by atoms with Crippen molar-refractivity contribution in [1.29, 1.82) is 0 Å². The van der Waals surface area contributed by atoms with Gasteiger partial charge in [-0.2, -0.15) is 0 Å². The first-order valence-electron chi connectivity index (χ1n) is 2.76. The lowest BCUT2D eigenvalue weighted by Gasteiger charge is -2.11. The van der Waals surface area contributed by atoms with Gasteiger partial charge in [0, 0.05) is 6.20 Å². The molecule has 2 heteroatoms. The number of nitrogens with one attached hydrogen (secondary N) is 1. The Hall–Kier alpha value is -0.110. The summed E-state index contributed by atoms with van der Waals surface area (Å²) >= 11 is 1.78. The second kappa shape index (κ2) is 2.44. The van der Waals surface area contributed by atoms with Crippen molar-refractivity contribution in [3.8, 4) is 0 Å². The van der Waals surface area contributed by atoms with E-state index in [-0.39, 0.29) is 0 Å². The van der Waals surface area contributed by atoms with Crippen molar-refractivity contribution in [3.63, 3.8) is 0 Å². The van der Waals surface area contributed by atoms with E-state index in [1.165, 1.54) is 5.37 Å². The van der Waals surface area contributed by atoms with Gasteiger partial charge in [-0.1, -0.05) is 13.8 Å². The molecule has 1 radical (unpaired) electrons. The molecule has 0 fully saturated rings. The predicted octanol–water partition coefficient (Wildman–Crippen LogP) is 1.94. The van der Waals surface area contributed by atoms with E-state index in [9.17, 15) is 0 Å². The fourth-order valence-corrected chi connectivity index (χ4v) is 1.25. The maximum Gasteiger partial charge on any atom is 0.123 e. The van der Waals surface area contributed by atoms with Crippen LogP contribution < -0.4 is 5.32 Å². The normalized spacial score (nSPS) is 19.9. The number of hydrogen-bond donors (Lipinski definition) is 1. The Labute approximate surface area is 54.5 Å². The number of rotatable bonds is 1. The van der Waals surface area contributed by atoms with Crippen molar-refractivity contribution in [2.45, 2.75) is 13.8 Å². The Morgan fingerprint density at radius 3 is 2.62 bits per heavy atom. The summed E-state index contributed by atoms with van der Waals surface area (Å²) in [6.07, 6.45) is 1.97. The maximum absolute atomic E-state index is 3.16. The highest BCUT2D eigenvalue weighted by Gasteiger charge is 2.14. The first-order valence-corrected chi connectivity index (χ1v) is 3.63. The second-order valence-electron chi connectivity index (χ2n) is 2.08. The van der Waals surface area contributed by atoms with Crippen molar-refractivity contribution >= 4 is 11.8 Å². The summed E-state index contributed by atoms with van der Waals surface area (Å²) < 4.78 is 0. The van der Waals surface area contributed by atoms with Crippen molar-refractivity contribution in [3.05, 3.63) is 17.0 Å². The third-order valence-corrected chi connectivity index (χ3v) is 2.13. The fourth-order valence-electron chi connectivity index (χ4n) is 0.560. The molecule has 0 atom stereocenters. The van der Waals surface area contributed by atoms with Crippen molar-refractivity contribution in [1.82, 2.24) is 5.32 Å². The SMILES string of the molecule is CC(C)[C]1NC=CS1. The van der Waals surface area contributed by atoms with E-state index in [2.05, 4.69) is 24.6 Å². The molecule has 0 bridgehead atoms. The highest BCUT2D eigenvalue weighted by atomic mass is 32.2. The molecule has 0 amide bonds. The van der Waals surface area contributed by atoms with Crippen molar-refractivity contribution in [2.24, 2.45) is 5.92 Å². The van der Waals surface area contributed by atoms with E-state index in [1.807, 2.05) is 6.20 Å². The standard InChI is InChI=1S/C6H10NS/c1-5(2)6-7-3-4-8-6/h3-5,7H,1-2H3. The van der Waals surface area contributed by atoms with E-state index < -0.39 is 0 Å². The average Bonchev–Trinajstić information content (AvgIpc) is 2.12. The number of thioether (sulfide) groups is 1. The zero-order valence-electron chi connectivity index (χ0n) is 5.14. The van der Waals surface area contributed by atoms with Crippen LogP contribution in [0.1, 0.15) is 13.8 Å². The van der Waals surface area contributed by atoms with E-state index in [4.69, 9.17) is 0 Å². The van der Waals surface area contributed by atoms with Gasteiger partial charge in [-0.3, -0.25) is 0 Å². The van der Waals surface area contributed by atoms with Crippen LogP contribution in [-0.2, 0) is 0 Å². The van der Waals surface area contributed by atoms with Gasteiger partial charge in [0.25, 0.3) is 0 Å². The second-order valence-corrected chi connectivity index (χ2v) is 3.03. The van der Waals surface area contributed by atoms with Gasteiger partial charge in [-0.05, 0) is 11.3 Å². The van der Waals surface area contributed by atoms with Gasteiger partial charge in [-0.25, -0.2) is 0 Å². The van der Waals surface area contributed by atoms with Crippen LogP contribution in [0, 0.1) is 11.3 Å². The lowest BCUT2D eigenvalue weighted by atomic mass is 10.2. The summed E-state index contributed by atoms with van der Waals surface area (Å²) in [4.78, 5) is 0. The van der Waals surface area contributed by atoms with Gasteiger partial charge < -0.3 is 5.32 Å². The van der Waals surface area contributed by atoms with Crippen LogP contribution in [0.25, 0.3) is 0 Å². The van der Waals surface area contributed by atoms with Crippen LogP contribution in [-0.4, -0.2) is 0 Å². The summed E-state index contributed by atoms with van der Waals surface area (Å²) in [7, 11) is 0. The fraction of sp³-hybridized carbons (Fsp3) is 0.500. The summed E-state index contributed by atoms with van der Waals surface area (Å²) in [5.74, 6) is 0.648. The molecular weight excluding hydrogens is 118 g/mol. The lowest BCUT2D eigenvalue weighted by Crippen LogP contribution is -2.12. The molecule has 0 aliphatic carbocycles. The molecule has 8 heavy (non-hydrogen) atoms. The molecule has 0 spiro atoms. The predicted molar refractivity (Wildman–Crippen MR) is 37.9 cm³/mol. The van der Waals surface area contributed by atoms with E-state index in [0.717, 1.165) is 0 Å². The molecule has 1 N–H and O–H groups in total. The quantitative estimate of drug-likeness (QED) is 0.579. The number of hydrogen-bond acceptors (Lipinski definition) is 2. The van der Waals surface area contributed by atoms with Crippen LogP contribution in [0.15, 0.2) is 11.6 Å². The molecule has 1 heterocycles. The minimum absolute atomic E-state index is 0.648. The maximum atomic E-state index is 3.16. The van der Waals surface area contributed by atoms with E-state index >= 15 is 0 Å². The van der Waals surface area contributed by atoms with Crippen LogP contribution in [0.5, 0.6) is 0 Å². The van der Waals surface area contributed by atoms with Gasteiger partial charge in [0.05, 0.1) is 0 Å². The van der Waals surface area contributed by atoms with E-state index in [0.29, 0.717) is 5.92 Å². The van der Waals surface area contributed by atoms with Crippen molar-refractivity contribution in [2.75, 3.05) is 0 Å². The topological polar surface area (TPSA) is 12.0 Å². The molecule has 1 aliphatic heterocycles. The first-order chi connectivity index (χ1) is 3.80. The molecular formula is C6H10NS. The third-order valence-electron chi connectivity index (χ3n) is 1.01. The summed E-state index contributed by atoms with van der Waals surface area (Å²) in [5, 5.41) is 6.57. The van der Waals surface area contributed by atoms with Crippen LogP contribution in [0.3, 0.4) is 0 Å². The van der Waals surface area contributed by atoms with Gasteiger partial charge in [0.2, 0.25) is 0 Å². The largest absolute Gasteiger partial charge is 0.373 e. The molecule has 1 aliphatic rings. The van der Waals surface area contributed by atoms with Crippen LogP contribution in [0.2, 0.25) is 0 Å². The molecule has 0 aromatic carbocycles. The molecule has 45 valence electrons. The minimum atomic E-state index is 0.648. The Bertz CT molecular complexity index is 90.7. The molecule has 0 saturated heterocycles. The monoisotopic (exact) mass is 128 g/mol. The summed E-state index contributed by atoms with van der Waals surface area (Å²) in [6.45, 7) is 4.37. The average molecular weight is 128 g/mol. The van der Waals surface area contributed by atoms with Gasteiger partial charge in [0.1, 0.15) is 5.37 Å². The highest BCUT2D eigenvalue weighted by molar-refractivity contribution is 8.05. The zero-order valence-corrected chi connectivity index (χ0v) is 5.96. The van der Waals surface area contributed by atoms with Gasteiger partial charge in [-0.15, -0.1) is 11.8 Å². The summed E-state index contributed by atoms with van der Waals surface area (Å²) in [6, 6.07) is 0. The Balaban J connectivity index is 2.29. The van der Waals surface area contributed by atoms with Gasteiger partial charge in [0.15, 0.2) is 0 Å². The zero-order chi connectivity index (χ0) is 5.98. The Kier molecular flexibility index (Phi) is 1.84. The molecule has 0 aromatic heterocycles. The molecule has 1 rings (SSSR count). The molecule has 1 nitrogen and oxygen atoms in total. The van der Waals surface area contributed by atoms with Crippen LogP contribution >= 0.6 is 11.8 Å². The van der Waals surface area contributed by atoms with E-state index in [1.54, 1.807) is 11.8 Å². The smallest absolute Gasteiger partial charge is 0.123 e. The van der Waals surface area contributed by atoms with Gasteiger partial charge >= 0.3 is 0 Å². The van der Waals surface area contributed by atoms with Crippen molar-refractivity contribution < 1.29 is 0 Å². The first kappa shape index (κ1) is 6.02. The molecule has 0 aromatic rings. The molecule has 0 saturated carbocycles. The third kappa shape index (κ3) is 1.19.